The zero-order valence-corrected chi connectivity index (χ0v) is 17.5. The standard InChI is InChI=1S/C21H20F4N6O/c1-12(2)31-10-15(19(29-31)21(23,24)25)13-7-8-18(30-11-27-28-20(13)30)26-9-14-16(22)5-4-6-17(14)32-3/h4-8,10-12,26H,9H2,1-3H3. The van der Waals surface area contributed by atoms with Crippen LogP contribution in [0.2, 0.25) is 0 Å². The van der Waals surface area contributed by atoms with E-state index < -0.39 is 17.7 Å². The van der Waals surface area contributed by atoms with Crippen molar-refractivity contribution >= 4 is 11.5 Å². The largest absolute Gasteiger partial charge is 0.496 e. The summed E-state index contributed by atoms with van der Waals surface area (Å²) < 4.78 is 63.2. The molecule has 0 amide bonds. The Labute approximate surface area is 180 Å². The molecule has 4 rings (SSSR count). The average Bonchev–Trinajstić information content (AvgIpc) is 3.40. The summed E-state index contributed by atoms with van der Waals surface area (Å²) in [6.45, 7) is 3.57. The van der Waals surface area contributed by atoms with Gasteiger partial charge in [-0.3, -0.25) is 9.08 Å². The van der Waals surface area contributed by atoms with Gasteiger partial charge in [0.05, 0.1) is 7.11 Å². The Morgan fingerprint density at radius 1 is 1.12 bits per heavy atom. The molecule has 0 saturated heterocycles. The Morgan fingerprint density at radius 2 is 1.91 bits per heavy atom. The Balaban J connectivity index is 1.75. The first-order valence-corrected chi connectivity index (χ1v) is 9.75. The van der Waals surface area contributed by atoms with Gasteiger partial charge in [0.25, 0.3) is 0 Å². The molecule has 32 heavy (non-hydrogen) atoms. The van der Waals surface area contributed by atoms with Crippen molar-refractivity contribution in [1.82, 2.24) is 24.4 Å². The first-order valence-electron chi connectivity index (χ1n) is 9.75. The molecule has 0 saturated carbocycles. The molecule has 0 fully saturated rings. The van der Waals surface area contributed by atoms with E-state index in [-0.39, 0.29) is 29.4 Å². The number of fused-ring (bicyclic) bond motifs is 1. The fourth-order valence-electron chi connectivity index (χ4n) is 3.41. The third kappa shape index (κ3) is 3.85. The molecule has 0 aliphatic rings. The molecular weight excluding hydrogens is 428 g/mol. The van der Waals surface area contributed by atoms with Crippen LogP contribution in [0, 0.1) is 5.82 Å². The van der Waals surface area contributed by atoms with E-state index in [1.165, 1.54) is 40.8 Å². The summed E-state index contributed by atoms with van der Waals surface area (Å²) in [6.07, 6.45) is -1.90. The zero-order valence-electron chi connectivity index (χ0n) is 17.5. The van der Waals surface area contributed by atoms with Crippen molar-refractivity contribution < 1.29 is 22.3 Å². The number of halogens is 4. The minimum Gasteiger partial charge on any atom is -0.496 e. The Kier molecular flexibility index (Phi) is 5.49. The van der Waals surface area contributed by atoms with Gasteiger partial charge < -0.3 is 10.1 Å². The Morgan fingerprint density at radius 3 is 2.59 bits per heavy atom. The zero-order chi connectivity index (χ0) is 23.0. The second-order valence-corrected chi connectivity index (χ2v) is 7.39. The van der Waals surface area contributed by atoms with E-state index in [0.29, 0.717) is 17.1 Å². The van der Waals surface area contributed by atoms with Crippen LogP contribution in [0.5, 0.6) is 5.75 Å². The van der Waals surface area contributed by atoms with Gasteiger partial charge in [0.1, 0.15) is 23.7 Å². The number of hydrogen-bond donors (Lipinski definition) is 1. The number of ether oxygens (including phenoxy) is 1. The maximum Gasteiger partial charge on any atom is 0.435 e. The Bertz CT molecular complexity index is 1260. The van der Waals surface area contributed by atoms with Crippen LogP contribution in [0.25, 0.3) is 16.8 Å². The number of benzene rings is 1. The number of nitrogens with one attached hydrogen (secondary N) is 1. The lowest BCUT2D eigenvalue weighted by Gasteiger charge is -2.14. The lowest BCUT2D eigenvalue weighted by molar-refractivity contribution is -0.141. The molecule has 1 aromatic carbocycles. The number of alkyl halides is 3. The smallest absolute Gasteiger partial charge is 0.435 e. The number of nitrogens with zero attached hydrogens (tertiary/aromatic N) is 5. The van der Waals surface area contributed by atoms with Crippen LogP contribution >= 0.6 is 0 Å². The van der Waals surface area contributed by atoms with Crippen molar-refractivity contribution in [2.45, 2.75) is 32.6 Å². The first-order chi connectivity index (χ1) is 15.2. The predicted octanol–water partition coefficient (Wildman–Crippen LogP) is 4.95. The van der Waals surface area contributed by atoms with Gasteiger partial charge in [-0.2, -0.15) is 18.3 Å². The predicted molar refractivity (Wildman–Crippen MR) is 110 cm³/mol. The highest BCUT2D eigenvalue weighted by atomic mass is 19.4. The van der Waals surface area contributed by atoms with Gasteiger partial charge in [-0.25, -0.2) is 4.39 Å². The quantitative estimate of drug-likeness (QED) is 0.423. The molecule has 0 bridgehead atoms. The number of anilines is 1. The molecule has 1 N–H and O–H groups in total. The number of pyridine rings is 1. The molecule has 0 aliphatic heterocycles. The van der Waals surface area contributed by atoms with E-state index >= 15 is 0 Å². The molecule has 0 radical (unpaired) electrons. The third-order valence-corrected chi connectivity index (χ3v) is 5.02. The van der Waals surface area contributed by atoms with Gasteiger partial charge >= 0.3 is 6.18 Å². The number of aromatic nitrogens is 5. The summed E-state index contributed by atoms with van der Waals surface area (Å²) in [7, 11) is 1.45. The topological polar surface area (TPSA) is 69.3 Å². The monoisotopic (exact) mass is 448 g/mol. The highest BCUT2D eigenvalue weighted by Crippen LogP contribution is 2.38. The minimum atomic E-state index is -4.63. The van der Waals surface area contributed by atoms with Gasteiger partial charge in [-0.05, 0) is 38.1 Å². The van der Waals surface area contributed by atoms with E-state index in [1.54, 1.807) is 32.0 Å². The van der Waals surface area contributed by atoms with E-state index in [9.17, 15) is 17.6 Å². The molecule has 0 spiro atoms. The summed E-state index contributed by atoms with van der Waals surface area (Å²) in [5, 5.41) is 14.7. The highest BCUT2D eigenvalue weighted by molar-refractivity contribution is 5.80. The van der Waals surface area contributed by atoms with Gasteiger partial charge in [-0.1, -0.05) is 6.07 Å². The van der Waals surface area contributed by atoms with E-state index in [0.717, 1.165) is 0 Å². The third-order valence-electron chi connectivity index (χ3n) is 5.02. The van der Waals surface area contributed by atoms with Crippen LogP contribution in [-0.4, -0.2) is 31.5 Å². The van der Waals surface area contributed by atoms with Crippen LogP contribution in [0.1, 0.15) is 31.1 Å². The molecule has 0 atom stereocenters. The molecule has 0 aliphatic carbocycles. The average molecular weight is 448 g/mol. The molecule has 4 aromatic rings. The maximum absolute atomic E-state index is 14.2. The van der Waals surface area contributed by atoms with Crippen molar-refractivity contribution in [2.24, 2.45) is 0 Å². The molecule has 7 nitrogen and oxygen atoms in total. The van der Waals surface area contributed by atoms with Gasteiger partial charge in [0, 0.05) is 35.5 Å². The fraction of sp³-hybridized carbons (Fsp3) is 0.286. The van der Waals surface area contributed by atoms with Crippen molar-refractivity contribution in [1.29, 1.82) is 0 Å². The number of methoxy groups -OCH3 is 1. The normalized spacial score (nSPS) is 12.0. The molecular formula is C21H20F4N6O. The molecule has 3 aromatic heterocycles. The molecule has 3 heterocycles. The summed E-state index contributed by atoms with van der Waals surface area (Å²) in [5.41, 5.74) is -0.322. The lowest BCUT2D eigenvalue weighted by atomic mass is 10.1. The summed E-state index contributed by atoms with van der Waals surface area (Å²) in [5.74, 6) is 0.415. The van der Waals surface area contributed by atoms with Crippen LogP contribution in [0.3, 0.4) is 0 Å². The van der Waals surface area contributed by atoms with Crippen LogP contribution in [0.4, 0.5) is 23.4 Å². The maximum atomic E-state index is 14.2. The highest BCUT2D eigenvalue weighted by Gasteiger charge is 2.38. The Hall–Kier alpha value is -3.63. The molecule has 0 unspecified atom stereocenters. The minimum absolute atomic E-state index is 0.0849. The SMILES string of the molecule is COc1cccc(F)c1CNc1ccc(-c2cn(C(C)C)nc2C(F)(F)F)c2nncn12. The van der Waals surface area contributed by atoms with E-state index in [2.05, 4.69) is 20.6 Å². The van der Waals surface area contributed by atoms with Crippen molar-refractivity contribution in [2.75, 3.05) is 12.4 Å². The molecule has 11 heteroatoms. The molecule has 168 valence electrons. The van der Waals surface area contributed by atoms with Crippen molar-refractivity contribution in [3.05, 3.63) is 59.9 Å². The first kappa shape index (κ1) is 21.6. The number of hydrogen-bond acceptors (Lipinski definition) is 5. The lowest BCUT2D eigenvalue weighted by Crippen LogP contribution is -2.10. The van der Waals surface area contributed by atoms with Crippen LogP contribution < -0.4 is 10.1 Å². The van der Waals surface area contributed by atoms with Crippen LogP contribution in [0.15, 0.2) is 42.9 Å². The van der Waals surface area contributed by atoms with Gasteiger partial charge in [-0.15, -0.1) is 10.2 Å². The van der Waals surface area contributed by atoms with Gasteiger partial charge in [0.15, 0.2) is 11.3 Å². The summed E-state index contributed by atoms with van der Waals surface area (Å²) >= 11 is 0. The van der Waals surface area contributed by atoms with Gasteiger partial charge in [0.2, 0.25) is 0 Å². The van der Waals surface area contributed by atoms with Crippen molar-refractivity contribution in [3.8, 4) is 16.9 Å². The number of rotatable bonds is 6. The summed E-state index contributed by atoms with van der Waals surface area (Å²) in [6, 6.07) is 7.36. The van der Waals surface area contributed by atoms with E-state index in [4.69, 9.17) is 4.74 Å². The van der Waals surface area contributed by atoms with E-state index in [1.807, 2.05) is 0 Å². The second-order valence-electron chi connectivity index (χ2n) is 7.39. The van der Waals surface area contributed by atoms with Crippen molar-refractivity contribution in [3.63, 3.8) is 0 Å². The van der Waals surface area contributed by atoms with Crippen LogP contribution in [-0.2, 0) is 12.7 Å². The summed E-state index contributed by atoms with van der Waals surface area (Å²) in [4.78, 5) is 0. The second kappa shape index (κ2) is 8.13. The fourth-order valence-corrected chi connectivity index (χ4v) is 3.41.